The zero-order valence-electron chi connectivity index (χ0n) is 2.77. The van der Waals surface area contributed by atoms with Crippen LogP contribution in [-0.4, -0.2) is 12.1 Å². The third-order valence-corrected chi connectivity index (χ3v) is 0.437. The molecule has 0 aliphatic heterocycles. The molecule has 1 atom stereocenters. The molecule has 0 aliphatic carbocycles. The number of hydrogen-bond acceptors (Lipinski definition) is 2. The van der Waals surface area contributed by atoms with E-state index in [1.165, 1.54) is 0 Å². The van der Waals surface area contributed by atoms with Gasteiger partial charge in [0, 0.05) is 0 Å². The fraction of sp³-hybridized carbons (Fsp3) is 0.500. The van der Waals surface area contributed by atoms with Gasteiger partial charge in [0.1, 0.15) is 0 Å². The van der Waals surface area contributed by atoms with Gasteiger partial charge in [0.25, 0.3) is 0 Å². The summed E-state index contributed by atoms with van der Waals surface area (Å²) in [6.07, 6.45) is 0. The van der Waals surface area contributed by atoms with Crippen LogP contribution in [0.15, 0.2) is 0 Å². The van der Waals surface area contributed by atoms with Gasteiger partial charge in [-0.25, -0.2) is 0 Å². The lowest BCUT2D eigenvalue weighted by Crippen LogP contribution is -2.04. The third-order valence-electron chi connectivity index (χ3n) is 0.201. The maximum atomic E-state index is 9.65. The number of nitrogens with two attached hydrogens (primary N) is 1. The minimum Gasteiger partial charge on any atom is -0.324 e. The number of hydrogen-bond donors (Lipinski definition) is 1. The first-order valence-electron chi connectivity index (χ1n) is 1.25. The molecule has 0 aromatic rings. The predicted molar refractivity (Wildman–Crippen MR) is 23.8 cm³/mol. The fourth-order valence-electron chi connectivity index (χ4n) is 0. The van der Waals surface area contributed by atoms with Crippen molar-refractivity contribution in [2.24, 2.45) is 5.73 Å². The molecule has 0 rings (SSSR count). The highest BCUT2D eigenvalue weighted by molar-refractivity contribution is 7.40. The molecule has 0 aliphatic rings. The zero-order chi connectivity index (χ0) is 4.28. The van der Waals surface area contributed by atoms with Crippen molar-refractivity contribution in [2.45, 2.75) is 0 Å². The average Bonchev–Trinajstić information content (AvgIpc) is 1.38. The summed E-state index contributed by atoms with van der Waals surface area (Å²) in [6.45, 7) is 0.130. The first-order chi connectivity index (χ1) is 2.27. The molecule has 0 bridgehead atoms. The molecule has 1 unspecified atom stereocenters. The monoisotopic (exact) mass is 91.0 g/mol. The highest BCUT2D eigenvalue weighted by Crippen LogP contribution is 1.75. The summed E-state index contributed by atoms with van der Waals surface area (Å²) in [4.78, 5) is 9.65. The van der Waals surface area contributed by atoms with Crippen molar-refractivity contribution in [3.63, 3.8) is 0 Å². The van der Waals surface area contributed by atoms with E-state index in [1.54, 1.807) is 0 Å². The molecule has 2 nitrogen and oxygen atoms in total. The Hall–Kier alpha value is 0.0600. The third kappa shape index (κ3) is 4.06. The summed E-state index contributed by atoms with van der Waals surface area (Å²) in [6, 6.07) is 0. The summed E-state index contributed by atoms with van der Waals surface area (Å²) in [5.74, 6) is 0. The number of rotatable bonds is 1. The van der Waals surface area contributed by atoms with Gasteiger partial charge in [-0.2, -0.15) is 0 Å². The minimum atomic E-state index is -0.0509. The Balaban J connectivity index is 2.85. The van der Waals surface area contributed by atoms with E-state index in [0.29, 0.717) is 0 Å². The first-order valence-corrected chi connectivity index (χ1v) is 1.83. The van der Waals surface area contributed by atoms with Crippen LogP contribution in [0.5, 0.6) is 0 Å². The van der Waals surface area contributed by atoms with Gasteiger partial charge in [-0.15, -0.1) is 0 Å². The van der Waals surface area contributed by atoms with Gasteiger partial charge in [-0.05, 0) is 0 Å². The summed E-state index contributed by atoms with van der Waals surface area (Å²) in [5, 5.41) is 0. The van der Waals surface area contributed by atoms with Gasteiger partial charge in [0.2, 0.25) is 0 Å². The molecule has 0 heterocycles. The second kappa shape index (κ2) is 2.31. The van der Waals surface area contributed by atoms with Crippen LogP contribution in [0.4, 0.5) is 0 Å². The SMILES string of the molecule is NCC(=O)P. The van der Waals surface area contributed by atoms with Crippen molar-refractivity contribution in [1.29, 1.82) is 0 Å². The van der Waals surface area contributed by atoms with E-state index in [-0.39, 0.29) is 12.1 Å². The van der Waals surface area contributed by atoms with Gasteiger partial charge in [0.15, 0.2) is 5.52 Å². The molecule has 0 saturated carbocycles. The maximum absolute atomic E-state index is 9.65. The summed E-state index contributed by atoms with van der Waals surface area (Å²) in [7, 11) is 1.97. The Morgan fingerprint density at radius 1 is 2.00 bits per heavy atom. The zero-order valence-corrected chi connectivity index (χ0v) is 3.92. The van der Waals surface area contributed by atoms with Crippen LogP contribution in [0, 0.1) is 0 Å². The van der Waals surface area contributed by atoms with E-state index in [9.17, 15) is 4.79 Å². The van der Waals surface area contributed by atoms with Gasteiger partial charge < -0.3 is 5.73 Å². The molecule has 0 amide bonds. The fourth-order valence-corrected chi connectivity index (χ4v) is 0. The van der Waals surface area contributed by atoms with Gasteiger partial charge >= 0.3 is 0 Å². The number of carbonyl (C=O) groups is 1. The van der Waals surface area contributed by atoms with Gasteiger partial charge in [0.05, 0.1) is 6.54 Å². The lowest BCUT2D eigenvalue weighted by molar-refractivity contribution is -0.109. The largest absolute Gasteiger partial charge is 0.324 e. The van der Waals surface area contributed by atoms with E-state index in [1.807, 2.05) is 9.24 Å². The second-order valence-corrected chi connectivity index (χ2v) is 1.31. The normalized spacial score (nSPS) is 7.60. The lowest BCUT2D eigenvalue weighted by atomic mass is 10.8. The highest BCUT2D eigenvalue weighted by atomic mass is 31.0. The molecule has 3 heteroatoms. The summed E-state index contributed by atoms with van der Waals surface area (Å²) < 4.78 is 0. The van der Waals surface area contributed by atoms with E-state index in [2.05, 4.69) is 0 Å². The van der Waals surface area contributed by atoms with Crippen molar-refractivity contribution >= 4 is 14.8 Å². The molecular weight excluding hydrogens is 85.0 g/mol. The van der Waals surface area contributed by atoms with E-state index in [4.69, 9.17) is 5.73 Å². The van der Waals surface area contributed by atoms with Crippen LogP contribution in [0.1, 0.15) is 0 Å². The molecule has 5 heavy (non-hydrogen) atoms. The second-order valence-electron chi connectivity index (χ2n) is 0.670. The number of carbonyl (C=O) groups excluding carboxylic acids is 1. The molecule has 2 N–H and O–H groups in total. The van der Waals surface area contributed by atoms with Crippen molar-refractivity contribution in [2.75, 3.05) is 6.54 Å². The van der Waals surface area contributed by atoms with Crippen LogP contribution in [-0.2, 0) is 4.79 Å². The maximum Gasteiger partial charge on any atom is 0.161 e. The molecule has 0 spiro atoms. The molecule has 0 aromatic heterocycles. The van der Waals surface area contributed by atoms with Crippen LogP contribution >= 0.6 is 9.24 Å². The molecule has 0 fully saturated rings. The molecule has 0 radical (unpaired) electrons. The van der Waals surface area contributed by atoms with Crippen molar-refractivity contribution in [1.82, 2.24) is 0 Å². The Kier molecular flexibility index (Phi) is 2.33. The highest BCUT2D eigenvalue weighted by Gasteiger charge is 1.77. The Bertz CT molecular complexity index is 44.9. The van der Waals surface area contributed by atoms with Gasteiger partial charge in [-0.1, -0.05) is 9.24 Å². The molecule has 0 saturated heterocycles. The van der Waals surface area contributed by atoms with Crippen molar-refractivity contribution < 1.29 is 4.79 Å². The minimum absolute atomic E-state index is 0.0509. The summed E-state index contributed by atoms with van der Waals surface area (Å²) >= 11 is 0. The van der Waals surface area contributed by atoms with Crippen LogP contribution in [0.3, 0.4) is 0 Å². The van der Waals surface area contributed by atoms with E-state index >= 15 is 0 Å². The van der Waals surface area contributed by atoms with E-state index in [0.717, 1.165) is 0 Å². The average molecular weight is 91.0 g/mol. The first kappa shape index (κ1) is 5.06. The standard InChI is InChI=1S/C2H6NOP/c3-1-2(4)5/h1,3,5H2. The lowest BCUT2D eigenvalue weighted by Gasteiger charge is -1.72. The van der Waals surface area contributed by atoms with E-state index < -0.39 is 0 Å². The predicted octanol–water partition coefficient (Wildman–Crippen LogP) is -0.653. The van der Waals surface area contributed by atoms with Gasteiger partial charge in [-0.3, -0.25) is 4.79 Å². The van der Waals surface area contributed by atoms with Crippen molar-refractivity contribution in [3.8, 4) is 0 Å². The van der Waals surface area contributed by atoms with Crippen molar-refractivity contribution in [3.05, 3.63) is 0 Å². The Morgan fingerprint density at radius 3 is 2.20 bits per heavy atom. The van der Waals surface area contributed by atoms with Crippen LogP contribution < -0.4 is 5.73 Å². The topological polar surface area (TPSA) is 43.1 Å². The molecule has 0 aromatic carbocycles. The smallest absolute Gasteiger partial charge is 0.161 e. The van der Waals surface area contributed by atoms with Crippen LogP contribution in [0.25, 0.3) is 0 Å². The Labute approximate surface area is 32.9 Å². The Morgan fingerprint density at radius 2 is 2.20 bits per heavy atom. The van der Waals surface area contributed by atoms with Crippen LogP contribution in [0.2, 0.25) is 0 Å². The summed E-state index contributed by atoms with van der Waals surface area (Å²) in [5.41, 5.74) is 4.75. The molecule has 30 valence electrons. The molecular formula is C2H6NOP. The quantitative estimate of drug-likeness (QED) is 0.435.